The standard InChI is InChI=1S/C12H14ClN3S/c1-8-7-16(5-4-14-8)12-15-10-3-2-9(13)6-11(10)17-12/h2-3,6,8,14H,4-5,7H2,1H3. The Labute approximate surface area is 109 Å². The van der Waals surface area contributed by atoms with Crippen LogP contribution in [-0.2, 0) is 0 Å². The average Bonchev–Trinajstić information content (AvgIpc) is 2.72. The molecule has 0 radical (unpaired) electrons. The van der Waals surface area contributed by atoms with E-state index < -0.39 is 0 Å². The second kappa shape index (κ2) is 4.44. The van der Waals surface area contributed by atoms with Crippen LogP contribution in [0.3, 0.4) is 0 Å². The molecule has 1 aromatic heterocycles. The first-order valence-corrected chi connectivity index (χ1v) is 6.96. The molecule has 1 aliphatic rings. The highest BCUT2D eigenvalue weighted by molar-refractivity contribution is 7.22. The molecular formula is C12H14ClN3S. The van der Waals surface area contributed by atoms with Crippen LogP contribution in [0, 0.1) is 0 Å². The molecule has 0 spiro atoms. The summed E-state index contributed by atoms with van der Waals surface area (Å²) in [7, 11) is 0. The van der Waals surface area contributed by atoms with E-state index in [0.717, 1.165) is 35.3 Å². The molecule has 1 aromatic carbocycles. The molecular weight excluding hydrogens is 254 g/mol. The van der Waals surface area contributed by atoms with Crippen LogP contribution in [0.2, 0.25) is 5.02 Å². The van der Waals surface area contributed by atoms with Gasteiger partial charge in [-0.3, -0.25) is 0 Å². The zero-order valence-corrected chi connectivity index (χ0v) is 11.2. The molecule has 90 valence electrons. The summed E-state index contributed by atoms with van der Waals surface area (Å²) in [5.74, 6) is 0. The Morgan fingerprint density at radius 2 is 2.41 bits per heavy atom. The summed E-state index contributed by atoms with van der Waals surface area (Å²) in [5.41, 5.74) is 1.04. The number of nitrogens with zero attached hydrogens (tertiary/aromatic N) is 2. The van der Waals surface area contributed by atoms with Crippen LogP contribution >= 0.6 is 22.9 Å². The number of hydrogen-bond acceptors (Lipinski definition) is 4. The molecule has 0 aliphatic carbocycles. The molecule has 2 heterocycles. The second-order valence-electron chi connectivity index (χ2n) is 4.41. The monoisotopic (exact) mass is 267 g/mol. The summed E-state index contributed by atoms with van der Waals surface area (Å²) in [6.07, 6.45) is 0. The zero-order chi connectivity index (χ0) is 11.8. The Morgan fingerprint density at radius 1 is 1.53 bits per heavy atom. The van der Waals surface area contributed by atoms with E-state index in [1.807, 2.05) is 18.2 Å². The summed E-state index contributed by atoms with van der Waals surface area (Å²) in [4.78, 5) is 7.02. The minimum Gasteiger partial charge on any atom is -0.345 e. The maximum absolute atomic E-state index is 5.99. The van der Waals surface area contributed by atoms with Crippen LogP contribution in [0.25, 0.3) is 10.2 Å². The van der Waals surface area contributed by atoms with E-state index in [0.29, 0.717) is 6.04 Å². The van der Waals surface area contributed by atoms with E-state index in [-0.39, 0.29) is 0 Å². The van der Waals surface area contributed by atoms with Crippen molar-refractivity contribution in [2.45, 2.75) is 13.0 Å². The summed E-state index contributed by atoms with van der Waals surface area (Å²) in [6.45, 7) is 5.28. The number of thiazole rings is 1. The Hall–Kier alpha value is -0.840. The molecule has 17 heavy (non-hydrogen) atoms. The quantitative estimate of drug-likeness (QED) is 0.861. The number of benzene rings is 1. The first-order valence-electron chi connectivity index (χ1n) is 5.77. The summed E-state index contributed by atoms with van der Waals surface area (Å²) < 4.78 is 1.17. The van der Waals surface area contributed by atoms with Crippen molar-refractivity contribution in [3.8, 4) is 0 Å². The summed E-state index contributed by atoms with van der Waals surface area (Å²) in [6, 6.07) is 6.40. The van der Waals surface area contributed by atoms with Gasteiger partial charge in [0.05, 0.1) is 10.2 Å². The minimum absolute atomic E-state index is 0.527. The largest absolute Gasteiger partial charge is 0.345 e. The summed E-state index contributed by atoms with van der Waals surface area (Å²) >= 11 is 7.71. The lowest BCUT2D eigenvalue weighted by Gasteiger charge is -2.31. The number of rotatable bonds is 1. The van der Waals surface area contributed by atoms with Gasteiger partial charge in [0.15, 0.2) is 5.13 Å². The van der Waals surface area contributed by atoms with Gasteiger partial charge in [0.25, 0.3) is 0 Å². The van der Waals surface area contributed by atoms with E-state index in [1.54, 1.807) is 11.3 Å². The van der Waals surface area contributed by atoms with Gasteiger partial charge < -0.3 is 10.2 Å². The third-order valence-electron chi connectivity index (χ3n) is 2.98. The van der Waals surface area contributed by atoms with Gasteiger partial charge in [-0.2, -0.15) is 0 Å². The number of nitrogens with one attached hydrogen (secondary N) is 1. The number of fused-ring (bicyclic) bond motifs is 1. The van der Waals surface area contributed by atoms with Crippen molar-refractivity contribution >= 4 is 38.3 Å². The van der Waals surface area contributed by atoms with Gasteiger partial charge in [0.2, 0.25) is 0 Å². The van der Waals surface area contributed by atoms with Gasteiger partial charge in [-0.15, -0.1) is 0 Å². The normalized spacial score (nSPS) is 21.1. The van der Waals surface area contributed by atoms with Crippen LogP contribution < -0.4 is 10.2 Å². The van der Waals surface area contributed by atoms with E-state index in [2.05, 4.69) is 22.1 Å². The van der Waals surface area contributed by atoms with Crippen molar-refractivity contribution < 1.29 is 0 Å². The van der Waals surface area contributed by atoms with Crippen molar-refractivity contribution in [1.29, 1.82) is 0 Å². The van der Waals surface area contributed by atoms with E-state index >= 15 is 0 Å². The van der Waals surface area contributed by atoms with Gasteiger partial charge in [-0.25, -0.2) is 4.98 Å². The Balaban J connectivity index is 1.94. The molecule has 1 saturated heterocycles. The molecule has 1 unspecified atom stereocenters. The van der Waals surface area contributed by atoms with E-state index in [4.69, 9.17) is 11.6 Å². The van der Waals surface area contributed by atoms with Gasteiger partial charge >= 0.3 is 0 Å². The molecule has 2 aromatic rings. The number of hydrogen-bond donors (Lipinski definition) is 1. The van der Waals surface area contributed by atoms with Crippen LogP contribution in [0.15, 0.2) is 18.2 Å². The lowest BCUT2D eigenvalue weighted by molar-refractivity contribution is 0.484. The Bertz CT molecular complexity index is 540. The lowest BCUT2D eigenvalue weighted by atomic mass is 10.2. The number of aromatic nitrogens is 1. The van der Waals surface area contributed by atoms with Gasteiger partial charge in [-0.05, 0) is 25.1 Å². The zero-order valence-electron chi connectivity index (χ0n) is 9.61. The van der Waals surface area contributed by atoms with Crippen LogP contribution in [0.4, 0.5) is 5.13 Å². The molecule has 0 amide bonds. The average molecular weight is 268 g/mol. The smallest absolute Gasteiger partial charge is 0.186 e. The highest BCUT2D eigenvalue weighted by Crippen LogP contribution is 2.31. The maximum atomic E-state index is 5.99. The number of piperazine rings is 1. The first kappa shape index (κ1) is 11.3. The Kier molecular flexibility index (Phi) is 2.94. The highest BCUT2D eigenvalue weighted by atomic mass is 35.5. The molecule has 3 nitrogen and oxygen atoms in total. The maximum Gasteiger partial charge on any atom is 0.186 e. The topological polar surface area (TPSA) is 28.2 Å². The SMILES string of the molecule is CC1CN(c2nc3ccc(Cl)cc3s2)CCN1. The number of anilines is 1. The van der Waals surface area contributed by atoms with E-state index in [1.165, 1.54) is 4.70 Å². The lowest BCUT2D eigenvalue weighted by Crippen LogP contribution is -2.49. The summed E-state index contributed by atoms with van der Waals surface area (Å²) in [5, 5.41) is 5.32. The molecule has 1 fully saturated rings. The molecule has 1 aliphatic heterocycles. The molecule has 0 saturated carbocycles. The fraction of sp³-hybridized carbons (Fsp3) is 0.417. The molecule has 0 bridgehead atoms. The van der Waals surface area contributed by atoms with Crippen LogP contribution in [0.1, 0.15) is 6.92 Å². The van der Waals surface area contributed by atoms with Crippen LogP contribution in [0.5, 0.6) is 0 Å². The predicted molar refractivity (Wildman–Crippen MR) is 74.3 cm³/mol. The molecule has 5 heteroatoms. The van der Waals surface area contributed by atoms with Gasteiger partial charge in [-0.1, -0.05) is 22.9 Å². The van der Waals surface area contributed by atoms with Crippen molar-refractivity contribution in [2.24, 2.45) is 0 Å². The van der Waals surface area contributed by atoms with Crippen molar-refractivity contribution in [1.82, 2.24) is 10.3 Å². The second-order valence-corrected chi connectivity index (χ2v) is 5.86. The molecule has 3 rings (SSSR count). The van der Waals surface area contributed by atoms with Gasteiger partial charge in [0, 0.05) is 30.7 Å². The van der Waals surface area contributed by atoms with Crippen LogP contribution in [-0.4, -0.2) is 30.7 Å². The molecule has 1 N–H and O–H groups in total. The third kappa shape index (κ3) is 2.25. The number of halogens is 1. The highest BCUT2D eigenvalue weighted by Gasteiger charge is 2.18. The predicted octanol–water partition coefficient (Wildman–Crippen LogP) is 2.75. The third-order valence-corrected chi connectivity index (χ3v) is 4.29. The minimum atomic E-state index is 0.527. The fourth-order valence-electron chi connectivity index (χ4n) is 2.13. The van der Waals surface area contributed by atoms with E-state index in [9.17, 15) is 0 Å². The Morgan fingerprint density at radius 3 is 3.24 bits per heavy atom. The van der Waals surface area contributed by atoms with Gasteiger partial charge in [0.1, 0.15) is 0 Å². The van der Waals surface area contributed by atoms with Crippen molar-refractivity contribution in [3.63, 3.8) is 0 Å². The fourth-order valence-corrected chi connectivity index (χ4v) is 3.40. The van der Waals surface area contributed by atoms with Crippen molar-refractivity contribution in [2.75, 3.05) is 24.5 Å². The first-order chi connectivity index (χ1) is 8.22. The molecule has 1 atom stereocenters. The van der Waals surface area contributed by atoms with Crippen molar-refractivity contribution in [3.05, 3.63) is 23.2 Å².